The number of nitrogens with zero attached hydrogens (tertiary/aromatic N) is 2. The number of amides is 1. The number of rotatable bonds is 6. The van der Waals surface area contributed by atoms with E-state index in [0.717, 1.165) is 18.4 Å². The number of hydrogen-bond donors (Lipinski definition) is 1. The van der Waals surface area contributed by atoms with Crippen LogP contribution >= 0.6 is 0 Å². The van der Waals surface area contributed by atoms with E-state index in [1.165, 1.54) is 0 Å². The summed E-state index contributed by atoms with van der Waals surface area (Å²) >= 11 is 0. The number of hydrogen-bond acceptors (Lipinski definition) is 5. The molecular formula is C23H23N3O3. The van der Waals surface area contributed by atoms with Gasteiger partial charge in [0.1, 0.15) is 5.75 Å². The zero-order chi connectivity index (χ0) is 19.9. The Bertz CT molecular complexity index is 928. The summed E-state index contributed by atoms with van der Waals surface area (Å²) in [6, 6.07) is 16.4. The van der Waals surface area contributed by atoms with Gasteiger partial charge in [-0.25, -0.2) is 4.98 Å². The molecule has 29 heavy (non-hydrogen) atoms. The molecule has 3 aromatic rings. The van der Waals surface area contributed by atoms with Crippen molar-refractivity contribution < 1.29 is 14.3 Å². The zero-order valence-corrected chi connectivity index (χ0v) is 16.0. The van der Waals surface area contributed by atoms with Gasteiger partial charge in [0.2, 0.25) is 5.88 Å². The zero-order valence-electron chi connectivity index (χ0n) is 16.0. The van der Waals surface area contributed by atoms with Gasteiger partial charge in [0.05, 0.1) is 6.04 Å². The van der Waals surface area contributed by atoms with Crippen LogP contribution in [0.15, 0.2) is 73.2 Å². The van der Waals surface area contributed by atoms with Gasteiger partial charge in [-0.1, -0.05) is 18.2 Å². The highest BCUT2D eigenvalue weighted by atomic mass is 16.5. The van der Waals surface area contributed by atoms with Crippen molar-refractivity contribution in [3.05, 3.63) is 84.3 Å². The molecule has 0 unspecified atom stereocenters. The molecule has 6 nitrogen and oxygen atoms in total. The average molecular weight is 389 g/mol. The minimum absolute atomic E-state index is 0.111. The fourth-order valence-electron chi connectivity index (χ4n) is 3.54. The molecular weight excluding hydrogens is 366 g/mol. The van der Waals surface area contributed by atoms with E-state index in [0.29, 0.717) is 36.3 Å². The number of benzene rings is 1. The van der Waals surface area contributed by atoms with Gasteiger partial charge in [-0.2, -0.15) is 0 Å². The van der Waals surface area contributed by atoms with E-state index in [-0.39, 0.29) is 11.9 Å². The standard InChI is InChI=1S/C23H23N3O3/c27-23(18-5-3-7-20(15-18)29-21-8-1-2-12-25-21)26-22(17-9-13-28-14-10-17)19-6-4-11-24-16-19/h1-8,11-12,15-17,22H,9-10,13-14H2,(H,26,27)/t22-/m0/s1. The predicted octanol–water partition coefficient (Wildman–Crippen LogP) is 4.17. The second-order valence-corrected chi connectivity index (χ2v) is 6.99. The van der Waals surface area contributed by atoms with Gasteiger partial charge in [0, 0.05) is 43.4 Å². The van der Waals surface area contributed by atoms with E-state index in [1.807, 2.05) is 36.5 Å². The molecule has 4 rings (SSSR count). The smallest absolute Gasteiger partial charge is 0.251 e. The van der Waals surface area contributed by atoms with Crippen LogP contribution in [0.2, 0.25) is 0 Å². The monoisotopic (exact) mass is 389 g/mol. The summed E-state index contributed by atoms with van der Waals surface area (Å²) in [6.07, 6.45) is 7.04. The van der Waals surface area contributed by atoms with Crippen LogP contribution in [0.25, 0.3) is 0 Å². The first-order valence-corrected chi connectivity index (χ1v) is 9.77. The first-order valence-electron chi connectivity index (χ1n) is 9.77. The molecule has 0 radical (unpaired) electrons. The lowest BCUT2D eigenvalue weighted by molar-refractivity contribution is 0.0513. The maximum Gasteiger partial charge on any atom is 0.251 e. The minimum Gasteiger partial charge on any atom is -0.439 e. The number of carbonyl (C=O) groups is 1. The summed E-state index contributed by atoms with van der Waals surface area (Å²) in [5, 5.41) is 3.20. The SMILES string of the molecule is O=C(N[C@H](c1cccnc1)C1CCOCC1)c1cccc(Oc2ccccn2)c1. The largest absolute Gasteiger partial charge is 0.439 e. The van der Waals surface area contributed by atoms with Crippen molar-refractivity contribution >= 4 is 5.91 Å². The first kappa shape index (κ1) is 19.1. The molecule has 1 aromatic carbocycles. The highest BCUT2D eigenvalue weighted by Crippen LogP contribution is 2.30. The molecule has 1 aliphatic heterocycles. The molecule has 1 N–H and O–H groups in total. The number of nitrogens with one attached hydrogen (secondary N) is 1. The van der Waals surface area contributed by atoms with Crippen LogP contribution in [0, 0.1) is 5.92 Å². The van der Waals surface area contributed by atoms with Crippen molar-refractivity contribution in [1.29, 1.82) is 0 Å². The molecule has 1 aliphatic rings. The molecule has 1 atom stereocenters. The van der Waals surface area contributed by atoms with Gasteiger partial charge < -0.3 is 14.8 Å². The van der Waals surface area contributed by atoms with Gasteiger partial charge in [0.15, 0.2) is 0 Å². The van der Waals surface area contributed by atoms with Crippen molar-refractivity contribution in [2.75, 3.05) is 13.2 Å². The number of aromatic nitrogens is 2. The second-order valence-electron chi connectivity index (χ2n) is 6.99. The highest BCUT2D eigenvalue weighted by Gasteiger charge is 2.27. The summed E-state index contributed by atoms with van der Waals surface area (Å²) in [7, 11) is 0. The lowest BCUT2D eigenvalue weighted by Gasteiger charge is -2.31. The van der Waals surface area contributed by atoms with Gasteiger partial charge in [-0.05, 0) is 54.7 Å². The van der Waals surface area contributed by atoms with E-state index in [2.05, 4.69) is 15.3 Å². The van der Waals surface area contributed by atoms with Crippen molar-refractivity contribution in [2.45, 2.75) is 18.9 Å². The fraction of sp³-hybridized carbons (Fsp3) is 0.261. The molecule has 0 spiro atoms. The fourth-order valence-corrected chi connectivity index (χ4v) is 3.54. The van der Waals surface area contributed by atoms with E-state index in [9.17, 15) is 4.79 Å². The third-order valence-electron chi connectivity index (χ3n) is 5.02. The Morgan fingerprint density at radius 3 is 2.72 bits per heavy atom. The van der Waals surface area contributed by atoms with Crippen LogP contribution in [0.3, 0.4) is 0 Å². The molecule has 0 saturated carbocycles. The number of ether oxygens (including phenoxy) is 2. The molecule has 1 saturated heterocycles. The lowest BCUT2D eigenvalue weighted by Crippen LogP contribution is -2.36. The van der Waals surface area contributed by atoms with E-state index in [4.69, 9.17) is 9.47 Å². The van der Waals surface area contributed by atoms with Crippen LogP contribution < -0.4 is 10.1 Å². The minimum atomic E-state index is -0.142. The van der Waals surface area contributed by atoms with Crippen molar-refractivity contribution in [3.63, 3.8) is 0 Å². The van der Waals surface area contributed by atoms with E-state index in [1.54, 1.807) is 36.7 Å². The molecule has 6 heteroatoms. The van der Waals surface area contributed by atoms with Crippen LogP contribution in [-0.4, -0.2) is 29.1 Å². The van der Waals surface area contributed by atoms with Crippen LogP contribution in [0.4, 0.5) is 0 Å². The first-order chi connectivity index (χ1) is 14.3. The van der Waals surface area contributed by atoms with Crippen molar-refractivity contribution in [3.8, 4) is 11.6 Å². The molecule has 0 aliphatic carbocycles. The van der Waals surface area contributed by atoms with Crippen LogP contribution in [0.5, 0.6) is 11.6 Å². The molecule has 2 aromatic heterocycles. The molecule has 148 valence electrons. The number of carbonyl (C=O) groups excluding carboxylic acids is 1. The Morgan fingerprint density at radius 1 is 1.07 bits per heavy atom. The Labute approximate surface area is 169 Å². The summed E-state index contributed by atoms with van der Waals surface area (Å²) in [5.74, 6) is 1.22. The van der Waals surface area contributed by atoms with E-state index >= 15 is 0 Å². The predicted molar refractivity (Wildman–Crippen MR) is 109 cm³/mol. The second kappa shape index (κ2) is 9.30. The Balaban J connectivity index is 1.52. The lowest BCUT2D eigenvalue weighted by atomic mass is 9.87. The van der Waals surface area contributed by atoms with Crippen molar-refractivity contribution in [1.82, 2.24) is 15.3 Å². The van der Waals surface area contributed by atoms with Crippen LogP contribution in [0.1, 0.15) is 34.8 Å². The summed E-state index contributed by atoms with van der Waals surface area (Å²) in [5.41, 5.74) is 1.55. The Kier molecular flexibility index (Phi) is 6.12. The third kappa shape index (κ3) is 4.97. The maximum absolute atomic E-state index is 13.0. The van der Waals surface area contributed by atoms with Gasteiger partial charge in [-0.3, -0.25) is 9.78 Å². The Morgan fingerprint density at radius 2 is 1.97 bits per heavy atom. The Hall–Kier alpha value is -3.25. The molecule has 1 fully saturated rings. The topological polar surface area (TPSA) is 73.3 Å². The number of pyridine rings is 2. The summed E-state index contributed by atoms with van der Waals surface area (Å²) < 4.78 is 11.3. The molecule has 3 heterocycles. The third-order valence-corrected chi connectivity index (χ3v) is 5.02. The average Bonchev–Trinajstić information content (AvgIpc) is 2.79. The summed E-state index contributed by atoms with van der Waals surface area (Å²) in [4.78, 5) is 21.4. The van der Waals surface area contributed by atoms with Gasteiger partial charge in [-0.15, -0.1) is 0 Å². The van der Waals surface area contributed by atoms with Gasteiger partial charge in [0.25, 0.3) is 5.91 Å². The van der Waals surface area contributed by atoms with Gasteiger partial charge >= 0.3 is 0 Å². The summed E-state index contributed by atoms with van der Waals surface area (Å²) in [6.45, 7) is 1.43. The highest BCUT2D eigenvalue weighted by molar-refractivity contribution is 5.94. The normalized spacial score (nSPS) is 15.4. The maximum atomic E-state index is 13.0. The molecule has 0 bridgehead atoms. The van der Waals surface area contributed by atoms with Crippen LogP contribution in [-0.2, 0) is 4.74 Å². The van der Waals surface area contributed by atoms with Crippen molar-refractivity contribution in [2.24, 2.45) is 5.92 Å². The molecule has 1 amide bonds. The quantitative estimate of drug-likeness (QED) is 0.685. The van der Waals surface area contributed by atoms with E-state index < -0.39 is 0 Å².